The van der Waals surface area contributed by atoms with E-state index in [9.17, 15) is 9.59 Å². The fourth-order valence-corrected chi connectivity index (χ4v) is 3.15. The first-order valence-corrected chi connectivity index (χ1v) is 9.25. The van der Waals surface area contributed by atoms with E-state index in [1.165, 1.54) is 0 Å². The zero-order valence-electron chi connectivity index (χ0n) is 14.6. The molecule has 0 radical (unpaired) electrons. The number of fused-ring (bicyclic) bond motifs is 1. The van der Waals surface area contributed by atoms with Crippen LogP contribution in [0.25, 0.3) is 0 Å². The predicted octanol–water partition coefficient (Wildman–Crippen LogP) is 3.18. The quantitative estimate of drug-likeness (QED) is 0.827. The number of rotatable bonds is 5. The Kier molecular flexibility index (Phi) is 4.90. The van der Waals surface area contributed by atoms with Gasteiger partial charge in [0.15, 0.2) is 11.5 Å². The first kappa shape index (κ1) is 17.7. The second kappa shape index (κ2) is 7.48. The van der Waals surface area contributed by atoms with Gasteiger partial charge < -0.3 is 20.1 Å². The Hall–Kier alpha value is -2.73. The number of nitrogens with one attached hydrogen (secondary N) is 2. The zero-order valence-corrected chi connectivity index (χ0v) is 15.3. The number of amides is 2. The molecule has 2 aliphatic rings. The molecule has 27 heavy (non-hydrogen) atoms. The molecule has 0 spiro atoms. The van der Waals surface area contributed by atoms with Gasteiger partial charge in [-0.3, -0.25) is 9.59 Å². The van der Waals surface area contributed by atoms with Crippen molar-refractivity contribution in [3.63, 3.8) is 0 Å². The number of benzene rings is 2. The molecule has 0 atom stereocenters. The van der Waals surface area contributed by atoms with Gasteiger partial charge in [0.2, 0.25) is 5.91 Å². The van der Waals surface area contributed by atoms with Crippen LogP contribution in [-0.4, -0.2) is 31.1 Å². The molecule has 1 aliphatic carbocycles. The highest BCUT2D eigenvalue weighted by Crippen LogP contribution is 2.38. The number of anilines is 1. The molecule has 2 aromatic carbocycles. The fraction of sp³-hybridized carbons (Fsp3) is 0.300. The summed E-state index contributed by atoms with van der Waals surface area (Å²) in [5, 5.41) is 6.19. The van der Waals surface area contributed by atoms with Crippen LogP contribution in [0.5, 0.6) is 11.5 Å². The van der Waals surface area contributed by atoms with Gasteiger partial charge in [-0.05, 0) is 54.8 Å². The topological polar surface area (TPSA) is 76.7 Å². The van der Waals surface area contributed by atoms with E-state index >= 15 is 0 Å². The molecule has 1 heterocycles. The van der Waals surface area contributed by atoms with Crippen LogP contribution in [0, 0.1) is 0 Å². The summed E-state index contributed by atoms with van der Waals surface area (Å²) in [5.74, 6) is 0.814. The molecule has 2 aromatic rings. The molecule has 1 fully saturated rings. The SMILES string of the molecule is O=C(Cc1cc(Cl)c2c(c1)OCCO2)Nc1ccc(C(=O)NC2CC2)cc1. The summed E-state index contributed by atoms with van der Waals surface area (Å²) in [6.07, 6.45) is 2.24. The number of carbonyl (C=O) groups is 2. The minimum absolute atomic E-state index is 0.0821. The average Bonchev–Trinajstić information content (AvgIpc) is 3.46. The third kappa shape index (κ3) is 4.34. The molecule has 7 heteroatoms. The molecule has 4 rings (SSSR count). The molecule has 0 saturated heterocycles. The number of ether oxygens (including phenoxy) is 2. The molecule has 2 amide bonds. The lowest BCUT2D eigenvalue weighted by Crippen LogP contribution is -2.25. The normalized spacial score (nSPS) is 15.1. The van der Waals surface area contributed by atoms with E-state index in [1.807, 2.05) is 0 Å². The number of hydrogen-bond donors (Lipinski definition) is 2. The molecular weight excluding hydrogens is 368 g/mol. The first-order chi connectivity index (χ1) is 13.1. The molecule has 1 aliphatic heterocycles. The lowest BCUT2D eigenvalue weighted by Gasteiger charge is -2.20. The third-order valence-corrected chi connectivity index (χ3v) is 4.65. The van der Waals surface area contributed by atoms with Crippen molar-refractivity contribution < 1.29 is 19.1 Å². The van der Waals surface area contributed by atoms with Gasteiger partial charge in [-0.15, -0.1) is 0 Å². The van der Waals surface area contributed by atoms with Crippen molar-refractivity contribution in [1.29, 1.82) is 0 Å². The van der Waals surface area contributed by atoms with Gasteiger partial charge in [-0.1, -0.05) is 11.6 Å². The molecule has 0 bridgehead atoms. The second-order valence-corrected chi connectivity index (χ2v) is 7.06. The van der Waals surface area contributed by atoms with E-state index in [2.05, 4.69) is 10.6 Å². The molecule has 140 valence electrons. The summed E-state index contributed by atoms with van der Waals surface area (Å²) in [7, 11) is 0. The summed E-state index contributed by atoms with van der Waals surface area (Å²) in [5.41, 5.74) is 1.95. The largest absolute Gasteiger partial charge is 0.486 e. The lowest BCUT2D eigenvalue weighted by molar-refractivity contribution is -0.115. The van der Waals surface area contributed by atoms with Crippen molar-refractivity contribution in [2.75, 3.05) is 18.5 Å². The molecule has 0 unspecified atom stereocenters. The summed E-state index contributed by atoms with van der Waals surface area (Å²) in [6, 6.07) is 10.6. The highest BCUT2D eigenvalue weighted by molar-refractivity contribution is 6.32. The van der Waals surface area contributed by atoms with Crippen LogP contribution in [0.3, 0.4) is 0 Å². The van der Waals surface area contributed by atoms with Crippen LogP contribution in [0.1, 0.15) is 28.8 Å². The van der Waals surface area contributed by atoms with Crippen LogP contribution in [0.2, 0.25) is 5.02 Å². The summed E-state index contributed by atoms with van der Waals surface area (Å²) in [6.45, 7) is 0.918. The highest BCUT2D eigenvalue weighted by Gasteiger charge is 2.23. The molecule has 0 aromatic heterocycles. The fourth-order valence-electron chi connectivity index (χ4n) is 2.86. The summed E-state index contributed by atoms with van der Waals surface area (Å²) in [4.78, 5) is 24.3. The van der Waals surface area contributed by atoms with Gasteiger partial charge in [0.1, 0.15) is 13.2 Å². The van der Waals surface area contributed by atoms with Crippen LogP contribution >= 0.6 is 11.6 Å². The van der Waals surface area contributed by atoms with E-state index in [0.717, 1.165) is 18.4 Å². The van der Waals surface area contributed by atoms with Crippen LogP contribution in [-0.2, 0) is 11.2 Å². The molecule has 1 saturated carbocycles. The van der Waals surface area contributed by atoms with Crippen molar-refractivity contribution in [2.24, 2.45) is 0 Å². The Balaban J connectivity index is 1.37. The van der Waals surface area contributed by atoms with Crippen molar-refractivity contribution in [1.82, 2.24) is 5.32 Å². The second-order valence-electron chi connectivity index (χ2n) is 6.65. The first-order valence-electron chi connectivity index (χ1n) is 8.87. The van der Waals surface area contributed by atoms with E-state index < -0.39 is 0 Å². The number of hydrogen-bond acceptors (Lipinski definition) is 4. The Morgan fingerprint density at radius 2 is 1.81 bits per heavy atom. The lowest BCUT2D eigenvalue weighted by atomic mass is 10.1. The maximum Gasteiger partial charge on any atom is 0.251 e. The maximum atomic E-state index is 12.3. The zero-order chi connectivity index (χ0) is 18.8. The Bertz CT molecular complexity index is 878. The van der Waals surface area contributed by atoms with Crippen molar-refractivity contribution in [3.05, 3.63) is 52.5 Å². The highest BCUT2D eigenvalue weighted by atomic mass is 35.5. The average molecular weight is 387 g/mol. The number of carbonyl (C=O) groups excluding carboxylic acids is 2. The predicted molar refractivity (Wildman–Crippen MR) is 102 cm³/mol. The van der Waals surface area contributed by atoms with E-state index in [-0.39, 0.29) is 18.2 Å². The number of halogens is 1. The summed E-state index contributed by atoms with van der Waals surface area (Å²) < 4.78 is 11.0. The van der Waals surface area contributed by atoms with Gasteiger partial charge in [0.25, 0.3) is 5.91 Å². The standard InChI is InChI=1S/C20H19ClN2O4/c21-16-9-12(10-17-19(16)27-8-7-26-17)11-18(24)22-14-3-1-13(2-4-14)20(25)23-15-5-6-15/h1-4,9-10,15H,5-8,11H2,(H,22,24)(H,23,25). The Labute approximate surface area is 161 Å². The minimum Gasteiger partial charge on any atom is -0.486 e. The van der Waals surface area contributed by atoms with Gasteiger partial charge in [0, 0.05) is 17.3 Å². The van der Waals surface area contributed by atoms with Crippen molar-refractivity contribution >= 4 is 29.1 Å². The van der Waals surface area contributed by atoms with E-state index in [1.54, 1.807) is 36.4 Å². The van der Waals surface area contributed by atoms with Gasteiger partial charge in [-0.25, -0.2) is 0 Å². The maximum absolute atomic E-state index is 12.3. The Morgan fingerprint density at radius 3 is 2.56 bits per heavy atom. The smallest absolute Gasteiger partial charge is 0.251 e. The van der Waals surface area contributed by atoms with Crippen LogP contribution in [0.15, 0.2) is 36.4 Å². The van der Waals surface area contributed by atoms with Crippen molar-refractivity contribution in [3.8, 4) is 11.5 Å². The minimum atomic E-state index is -0.182. The Morgan fingerprint density at radius 1 is 1.07 bits per heavy atom. The van der Waals surface area contributed by atoms with Crippen LogP contribution < -0.4 is 20.1 Å². The molecular formula is C20H19ClN2O4. The van der Waals surface area contributed by atoms with Gasteiger partial charge in [0.05, 0.1) is 11.4 Å². The van der Waals surface area contributed by atoms with E-state index in [0.29, 0.717) is 47.0 Å². The summed E-state index contributed by atoms with van der Waals surface area (Å²) >= 11 is 6.20. The van der Waals surface area contributed by atoms with Gasteiger partial charge >= 0.3 is 0 Å². The molecule has 2 N–H and O–H groups in total. The van der Waals surface area contributed by atoms with Crippen LogP contribution in [0.4, 0.5) is 5.69 Å². The third-order valence-electron chi connectivity index (χ3n) is 4.36. The van der Waals surface area contributed by atoms with Crippen molar-refractivity contribution in [2.45, 2.75) is 25.3 Å². The van der Waals surface area contributed by atoms with Gasteiger partial charge in [-0.2, -0.15) is 0 Å². The monoisotopic (exact) mass is 386 g/mol. The van der Waals surface area contributed by atoms with E-state index in [4.69, 9.17) is 21.1 Å². The molecule has 6 nitrogen and oxygen atoms in total.